The number of ether oxygens (including phenoxy) is 1. The SMILES string of the molecule is CC1(NC(=O)C(=O)N2CCCNCC2)CCOCC1. The summed E-state index contributed by atoms with van der Waals surface area (Å²) in [4.78, 5) is 25.8. The molecule has 2 N–H and O–H groups in total. The minimum Gasteiger partial charge on any atom is -0.381 e. The van der Waals surface area contributed by atoms with E-state index in [0.717, 1.165) is 32.4 Å². The van der Waals surface area contributed by atoms with Gasteiger partial charge in [0, 0.05) is 38.4 Å². The van der Waals surface area contributed by atoms with E-state index in [1.165, 1.54) is 0 Å². The summed E-state index contributed by atoms with van der Waals surface area (Å²) in [6, 6.07) is 0. The highest BCUT2D eigenvalue weighted by Gasteiger charge is 2.32. The third-order valence-corrected chi connectivity index (χ3v) is 3.83. The first-order valence-electron chi connectivity index (χ1n) is 7.01. The third-order valence-electron chi connectivity index (χ3n) is 3.83. The Labute approximate surface area is 113 Å². The van der Waals surface area contributed by atoms with Crippen molar-refractivity contribution in [2.45, 2.75) is 31.7 Å². The van der Waals surface area contributed by atoms with Gasteiger partial charge in [0.15, 0.2) is 0 Å². The highest BCUT2D eigenvalue weighted by molar-refractivity contribution is 6.35. The lowest BCUT2D eigenvalue weighted by atomic mass is 9.92. The van der Waals surface area contributed by atoms with Gasteiger partial charge in [-0.3, -0.25) is 9.59 Å². The summed E-state index contributed by atoms with van der Waals surface area (Å²) in [6.45, 7) is 6.16. The van der Waals surface area contributed by atoms with Gasteiger partial charge in [0.25, 0.3) is 0 Å². The Morgan fingerprint density at radius 2 is 1.95 bits per heavy atom. The van der Waals surface area contributed by atoms with E-state index in [1.807, 2.05) is 6.92 Å². The lowest BCUT2D eigenvalue weighted by Crippen LogP contribution is -2.54. The molecule has 2 rings (SSSR count). The molecule has 0 bridgehead atoms. The van der Waals surface area contributed by atoms with Crippen molar-refractivity contribution >= 4 is 11.8 Å². The fourth-order valence-corrected chi connectivity index (χ4v) is 2.47. The summed E-state index contributed by atoms with van der Waals surface area (Å²) < 4.78 is 5.28. The molecule has 0 aliphatic carbocycles. The minimum atomic E-state index is -0.480. The van der Waals surface area contributed by atoms with Gasteiger partial charge in [-0.25, -0.2) is 0 Å². The van der Waals surface area contributed by atoms with E-state index in [1.54, 1.807) is 4.90 Å². The third kappa shape index (κ3) is 3.91. The topological polar surface area (TPSA) is 70.7 Å². The van der Waals surface area contributed by atoms with Crippen molar-refractivity contribution in [3.8, 4) is 0 Å². The van der Waals surface area contributed by atoms with E-state index >= 15 is 0 Å². The van der Waals surface area contributed by atoms with Crippen molar-refractivity contribution in [1.29, 1.82) is 0 Å². The molecule has 0 unspecified atom stereocenters. The van der Waals surface area contributed by atoms with Gasteiger partial charge in [-0.2, -0.15) is 0 Å². The van der Waals surface area contributed by atoms with E-state index < -0.39 is 11.8 Å². The molecule has 2 saturated heterocycles. The maximum absolute atomic E-state index is 12.1. The zero-order valence-electron chi connectivity index (χ0n) is 11.5. The van der Waals surface area contributed by atoms with Crippen molar-refractivity contribution in [1.82, 2.24) is 15.5 Å². The number of rotatable bonds is 1. The predicted octanol–water partition coefficient (Wildman–Crippen LogP) is -0.506. The highest BCUT2D eigenvalue weighted by Crippen LogP contribution is 2.19. The standard InChI is InChI=1S/C13H23N3O3/c1-13(3-9-19-10-4-13)15-11(17)12(18)16-7-2-5-14-6-8-16/h14H,2-10H2,1H3,(H,15,17). The molecule has 2 heterocycles. The quantitative estimate of drug-likeness (QED) is 0.629. The average Bonchev–Trinajstić information content (AvgIpc) is 2.67. The molecule has 0 atom stereocenters. The highest BCUT2D eigenvalue weighted by atomic mass is 16.5. The maximum Gasteiger partial charge on any atom is 0.311 e. The Morgan fingerprint density at radius 3 is 2.68 bits per heavy atom. The molecule has 6 nitrogen and oxygen atoms in total. The normalized spacial score (nSPS) is 23.5. The lowest BCUT2D eigenvalue weighted by molar-refractivity contribution is -0.147. The number of amides is 2. The number of carbonyl (C=O) groups is 2. The molecule has 2 amide bonds. The average molecular weight is 269 g/mol. The second-order valence-corrected chi connectivity index (χ2v) is 5.52. The molecular formula is C13H23N3O3. The van der Waals surface area contributed by atoms with Gasteiger partial charge in [-0.15, -0.1) is 0 Å². The van der Waals surface area contributed by atoms with Crippen molar-refractivity contribution in [3.63, 3.8) is 0 Å². The van der Waals surface area contributed by atoms with Crippen LogP contribution in [-0.2, 0) is 14.3 Å². The van der Waals surface area contributed by atoms with Crippen LogP contribution in [0.4, 0.5) is 0 Å². The second kappa shape index (κ2) is 6.34. The molecule has 19 heavy (non-hydrogen) atoms. The number of carbonyl (C=O) groups excluding carboxylic acids is 2. The van der Waals surface area contributed by atoms with E-state index in [9.17, 15) is 9.59 Å². The van der Waals surface area contributed by atoms with Crippen LogP contribution in [0.25, 0.3) is 0 Å². The fourth-order valence-electron chi connectivity index (χ4n) is 2.47. The van der Waals surface area contributed by atoms with Gasteiger partial charge in [0.1, 0.15) is 0 Å². The lowest BCUT2D eigenvalue weighted by Gasteiger charge is -2.34. The maximum atomic E-state index is 12.1. The predicted molar refractivity (Wildman–Crippen MR) is 70.7 cm³/mol. The molecule has 2 aliphatic rings. The molecule has 0 saturated carbocycles. The van der Waals surface area contributed by atoms with E-state index in [0.29, 0.717) is 26.3 Å². The Bertz CT molecular complexity index is 332. The molecular weight excluding hydrogens is 246 g/mol. The van der Waals surface area contributed by atoms with Crippen LogP contribution in [0, 0.1) is 0 Å². The van der Waals surface area contributed by atoms with Gasteiger partial charge >= 0.3 is 11.8 Å². The smallest absolute Gasteiger partial charge is 0.311 e. The van der Waals surface area contributed by atoms with E-state index in [4.69, 9.17) is 4.74 Å². The summed E-state index contributed by atoms with van der Waals surface area (Å²) in [5.74, 6) is -0.886. The number of nitrogens with zero attached hydrogens (tertiary/aromatic N) is 1. The summed E-state index contributed by atoms with van der Waals surface area (Å²) in [5.41, 5.74) is -0.310. The Hall–Kier alpha value is -1.14. The first-order chi connectivity index (χ1) is 9.11. The van der Waals surface area contributed by atoms with Gasteiger partial charge in [-0.05, 0) is 32.7 Å². The fraction of sp³-hybridized carbons (Fsp3) is 0.846. The molecule has 6 heteroatoms. The molecule has 2 aliphatic heterocycles. The summed E-state index contributed by atoms with van der Waals surface area (Å²) in [6.07, 6.45) is 2.41. The van der Waals surface area contributed by atoms with Crippen LogP contribution in [0.2, 0.25) is 0 Å². The Morgan fingerprint density at radius 1 is 1.21 bits per heavy atom. The molecule has 0 aromatic carbocycles. The molecule has 0 aromatic heterocycles. The van der Waals surface area contributed by atoms with Crippen molar-refractivity contribution in [3.05, 3.63) is 0 Å². The van der Waals surface area contributed by atoms with Crippen LogP contribution >= 0.6 is 0 Å². The summed E-state index contributed by atoms with van der Waals surface area (Å²) >= 11 is 0. The van der Waals surface area contributed by atoms with Gasteiger partial charge in [0.05, 0.1) is 0 Å². The van der Waals surface area contributed by atoms with Crippen LogP contribution in [0.5, 0.6) is 0 Å². The van der Waals surface area contributed by atoms with Crippen LogP contribution in [-0.4, -0.2) is 61.6 Å². The Kier molecular flexibility index (Phi) is 4.76. The molecule has 2 fully saturated rings. The molecule has 0 radical (unpaired) electrons. The number of nitrogens with one attached hydrogen (secondary N) is 2. The molecule has 0 aromatic rings. The zero-order valence-corrected chi connectivity index (χ0v) is 11.5. The molecule has 108 valence electrons. The monoisotopic (exact) mass is 269 g/mol. The first-order valence-corrected chi connectivity index (χ1v) is 7.01. The minimum absolute atomic E-state index is 0.310. The summed E-state index contributed by atoms with van der Waals surface area (Å²) in [7, 11) is 0. The largest absolute Gasteiger partial charge is 0.381 e. The van der Waals surface area contributed by atoms with Crippen LogP contribution in [0.15, 0.2) is 0 Å². The van der Waals surface area contributed by atoms with E-state index in [-0.39, 0.29) is 5.54 Å². The second-order valence-electron chi connectivity index (χ2n) is 5.52. The van der Waals surface area contributed by atoms with Crippen molar-refractivity contribution in [2.24, 2.45) is 0 Å². The van der Waals surface area contributed by atoms with Crippen molar-refractivity contribution < 1.29 is 14.3 Å². The van der Waals surface area contributed by atoms with E-state index in [2.05, 4.69) is 10.6 Å². The van der Waals surface area contributed by atoms with Gasteiger partial charge < -0.3 is 20.3 Å². The number of hydrogen-bond donors (Lipinski definition) is 2. The van der Waals surface area contributed by atoms with Crippen LogP contribution < -0.4 is 10.6 Å². The first kappa shape index (κ1) is 14.3. The Balaban J connectivity index is 1.89. The van der Waals surface area contributed by atoms with Gasteiger partial charge in [0.2, 0.25) is 0 Å². The van der Waals surface area contributed by atoms with Gasteiger partial charge in [-0.1, -0.05) is 0 Å². The van der Waals surface area contributed by atoms with Crippen LogP contribution in [0.3, 0.4) is 0 Å². The summed E-state index contributed by atoms with van der Waals surface area (Å²) in [5, 5.41) is 6.10. The molecule has 0 spiro atoms. The zero-order chi connectivity index (χ0) is 13.7. The van der Waals surface area contributed by atoms with Crippen LogP contribution in [0.1, 0.15) is 26.2 Å². The van der Waals surface area contributed by atoms with Crippen molar-refractivity contribution in [2.75, 3.05) is 39.4 Å². The number of hydrogen-bond acceptors (Lipinski definition) is 4.